The number of ether oxygens (including phenoxy) is 2. The van der Waals surface area contributed by atoms with Crippen molar-refractivity contribution in [2.45, 2.75) is 45.5 Å². The third kappa shape index (κ3) is 1.35. The Bertz CT molecular complexity index is 224. The van der Waals surface area contributed by atoms with Gasteiger partial charge in [-0.3, -0.25) is 4.79 Å². The highest BCUT2D eigenvalue weighted by Crippen LogP contribution is 2.39. The molecule has 2 rings (SSSR count). The van der Waals surface area contributed by atoms with Gasteiger partial charge in [-0.25, -0.2) is 0 Å². The van der Waals surface area contributed by atoms with E-state index in [9.17, 15) is 4.79 Å². The summed E-state index contributed by atoms with van der Waals surface area (Å²) in [6, 6.07) is 0. The van der Waals surface area contributed by atoms with Gasteiger partial charge in [-0.1, -0.05) is 13.8 Å². The first-order valence-electron chi connectivity index (χ1n) is 4.94. The Hall–Kier alpha value is -0.570. The Morgan fingerprint density at radius 2 is 2.15 bits per heavy atom. The summed E-state index contributed by atoms with van der Waals surface area (Å²) in [7, 11) is 0. The predicted octanol–water partition coefficient (Wildman–Crippen LogP) is 1.36. The van der Waals surface area contributed by atoms with E-state index in [0.29, 0.717) is 18.3 Å². The molecule has 2 aliphatic rings. The molecule has 0 aromatic rings. The van der Waals surface area contributed by atoms with E-state index in [4.69, 9.17) is 9.47 Å². The summed E-state index contributed by atoms with van der Waals surface area (Å²) < 4.78 is 10.9. The quantitative estimate of drug-likeness (QED) is 0.577. The minimum atomic E-state index is -0.104. The van der Waals surface area contributed by atoms with E-state index in [1.54, 1.807) is 0 Å². The predicted molar refractivity (Wildman–Crippen MR) is 47.2 cm³/mol. The zero-order valence-corrected chi connectivity index (χ0v) is 8.32. The third-order valence-electron chi connectivity index (χ3n) is 3.08. The average Bonchev–Trinajstić information content (AvgIpc) is 2.41. The summed E-state index contributed by atoms with van der Waals surface area (Å²) in [4.78, 5) is 11.0. The topological polar surface area (TPSA) is 35.5 Å². The van der Waals surface area contributed by atoms with Gasteiger partial charge in [0.2, 0.25) is 0 Å². The van der Waals surface area contributed by atoms with E-state index < -0.39 is 0 Å². The number of hydrogen-bond donors (Lipinski definition) is 0. The lowest BCUT2D eigenvalue weighted by atomic mass is 9.87. The van der Waals surface area contributed by atoms with Crippen LogP contribution in [0.5, 0.6) is 0 Å². The van der Waals surface area contributed by atoms with Crippen LogP contribution in [0.2, 0.25) is 0 Å². The monoisotopic (exact) mass is 184 g/mol. The summed E-state index contributed by atoms with van der Waals surface area (Å²) in [6.45, 7) is 6.37. The van der Waals surface area contributed by atoms with Crippen molar-refractivity contribution in [1.29, 1.82) is 0 Å². The Labute approximate surface area is 78.4 Å². The van der Waals surface area contributed by atoms with Crippen LogP contribution in [0, 0.1) is 11.8 Å². The van der Waals surface area contributed by atoms with E-state index in [-0.39, 0.29) is 24.3 Å². The van der Waals surface area contributed by atoms with Crippen LogP contribution >= 0.6 is 0 Å². The molecule has 74 valence electrons. The molecular formula is C10H16O3. The minimum Gasteiger partial charge on any atom is -0.459 e. The van der Waals surface area contributed by atoms with Crippen LogP contribution < -0.4 is 0 Å². The standard InChI is InChI=1S/C10H16O3/c1-5(2)9-6(3)12-7-4-8(11)13-10(7)9/h5-7,9-10H,4H2,1-3H3/t6?,7-,9+,10+/m0/s1. The molecule has 2 aliphatic heterocycles. The SMILES string of the molecule is CC(C)[C@@H]1C(C)O[C@H]2CC(=O)O[C@@H]12. The molecule has 2 heterocycles. The molecule has 1 unspecified atom stereocenters. The lowest BCUT2D eigenvalue weighted by Crippen LogP contribution is -2.29. The lowest BCUT2D eigenvalue weighted by Gasteiger charge is -2.22. The van der Waals surface area contributed by atoms with Gasteiger partial charge in [0.1, 0.15) is 12.2 Å². The fourth-order valence-electron chi connectivity index (χ4n) is 2.56. The molecule has 3 nitrogen and oxygen atoms in total. The van der Waals surface area contributed by atoms with Gasteiger partial charge in [0.15, 0.2) is 0 Å². The number of esters is 1. The Morgan fingerprint density at radius 1 is 1.46 bits per heavy atom. The molecule has 0 spiro atoms. The van der Waals surface area contributed by atoms with E-state index in [1.807, 2.05) is 0 Å². The molecular weight excluding hydrogens is 168 g/mol. The van der Waals surface area contributed by atoms with Crippen molar-refractivity contribution in [3.05, 3.63) is 0 Å². The second-order valence-electron chi connectivity index (χ2n) is 4.36. The summed E-state index contributed by atoms with van der Waals surface area (Å²) in [6.07, 6.45) is 0.707. The van der Waals surface area contributed by atoms with Crippen molar-refractivity contribution < 1.29 is 14.3 Å². The fourth-order valence-corrected chi connectivity index (χ4v) is 2.56. The minimum absolute atomic E-state index is 0.0162. The zero-order valence-electron chi connectivity index (χ0n) is 8.32. The fraction of sp³-hybridized carbons (Fsp3) is 0.900. The van der Waals surface area contributed by atoms with E-state index in [0.717, 1.165) is 0 Å². The number of carbonyl (C=O) groups is 1. The van der Waals surface area contributed by atoms with Crippen molar-refractivity contribution in [3.8, 4) is 0 Å². The van der Waals surface area contributed by atoms with Gasteiger partial charge in [0.05, 0.1) is 12.5 Å². The van der Waals surface area contributed by atoms with Crippen molar-refractivity contribution in [2.24, 2.45) is 11.8 Å². The van der Waals surface area contributed by atoms with Gasteiger partial charge in [-0.15, -0.1) is 0 Å². The second kappa shape index (κ2) is 2.98. The molecule has 0 bridgehead atoms. The normalized spacial score (nSPS) is 43.8. The molecule has 3 heteroatoms. The molecule has 0 aromatic carbocycles. The zero-order chi connectivity index (χ0) is 9.59. The molecule has 13 heavy (non-hydrogen) atoms. The maximum Gasteiger partial charge on any atom is 0.308 e. The lowest BCUT2D eigenvalue weighted by molar-refractivity contribution is -0.143. The largest absolute Gasteiger partial charge is 0.459 e. The van der Waals surface area contributed by atoms with Crippen molar-refractivity contribution >= 4 is 5.97 Å². The van der Waals surface area contributed by atoms with Gasteiger partial charge in [0.25, 0.3) is 0 Å². The van der Waals surface area contributed by atoms with Gasteiger partial charge in [-0.2, -0.15) is 0 Å². The first-order valence-corrected chi connectivity index (χ1v) is 4.94. The average molecular weight is 184 g/mol. The van der Waals surface area contributed by atoms with Gasteiger partial charge < -0.3 is 9.47 Å². The summed E-state index contributed by atoms with van der Waals surface area (Å²) in [5.41, 5.74) is 0. The molecule has 0 saturated carbocycles. The first kappa shape index (κ1) is 9.00. The molecule has 0 N–H and O–H groups in total. The molecule has 0 aliphatic carbocycles. The van der Waals surface area contributed by atoms with Crippen LogP contribution in [0.15, 0.2) is 0 Å². The Morgan fingerprint density at radius 3 is 2.77 bits per heavy atom. The van der Waals surface area contributed by atoms with Crippen LogP contribution in [0.4, 0.5) is 0 Å². The van der Waals surface area contributed by atoms with Gasteiger partial charge in [0, 0.05) is 5.92 Å². The molecule has 0 radical (unpaired) electrons. The first-order chi connectivity index (χ1) is 6.09. The van der Waals surface area contributed by atoms with E-state index in [2.05, 4.69) is 20.8 Å². The van der Waals surface area contributed by atoms with Crippen LogP contribution in [0.25, 0.3) is 0 Å². The number of hydrogen-bond acceptors (Lipinski definition) is 3. The smallest absolute Gasteiger partial charge is 0.308 e. The van der Waals surface area contributed by atoms with Gasteiger partial charge >= 0.3 is 5.97 Å². The molecule has 0 amide bonds. The van der Waals surface area contributed by atoms with Crippen LogP contribution in [0.3, 0.4) is 0 Å². The molecule has 0 aromatic heterocycles. The summed E-state index contributed by atoms with van der Waals surface area (Å²) in [5.74, 6) is 0.778. The number of fused-ring (bicyclic) bond motifs is 1. The summed E-state index contributed by atoms with van der Waals surface area (Å²) >= 11 is 0. The molecule has 4 atom stereocenters. The number of carbonyl (C=O) groups excluding carboxylic acids is 1. The highest BCUT2D eigenvalue weighted by atomic mass is 16.6. The van der Waals surface area contributed by atoms with Crippen LogP contribution in [-0.2, 0) is 14.3 Å². The maximum atomic E-state index is 11.0. The van der Waals surface area contributed by atoms with Gasteiger partial charge in [-0.05, 0) is 12.8 Å². The van der Waals surface area contributed by atoms with Crippen LogP contribution in [-0.4, -0.2) is 24.3 Å². The van der Waals surface area contributed by atoms with Crippen molar-refractivity contribution in [1.82, 2.24) is 0 Å². The summed E-state index contributed by atoms with van der Waals surface area (Å²) in [5, 5.41) is 0. The van der Waals surface area contributed by atoms with Crippen LogP contribution in [0.1, 0.15) is 27.2 Å². The highest BCUT2D eigenvalue weighted by molar-refractivity contribution is 5.72. The second-order valence-corrected chi connectivity index (χ2v) is 4.36. The van der Waals surface area contributed by atoms with Crippen molar-refractivity contribution in [3.63, 3.8) is 0 Å². The van der Waals surface area contributed by atoms with E-state index >= 15 is 0 Å². The third-order valence-corrected chi connectivity index (χ3v) is 3.08. The van der Waals surface area contributed by atoms with E-state index in [1.165, 1.54) is 0 Å². The Kier molecular flexibility index (Phi) is 2.06. The maximum absolute atomic E-state index is 11.0. The highest BCUT2D eigenvalue weighted by Gasteiger charge is 2.50. The number of rotatable bonds is 1. The van der Waals surface area contributed by atoms with Crippen molar-refractivity contribution in [2.75, 3.05) is 0 Å². The molecule has 2 fully saturated rings. The molecule has 2 saturated heterocycles. The Balaban J connectivity index is 2.14.